The van der Waals surface area contributed by atoms with Gasteiger partial charge in [0.1, 0.15) is 0 Å². The molecule has 3 aliphatic rings. The van der Waals surface area contributed by atoms with Crippen molar-refractivity contribution in [2.75, 3.05) is 13.2 Å². The number of allylic oxidation sites excluding steroid dienone is 2. The molecule has 1 saturated heterocycles. The standard InChI is InChI=1S/C22H28O4/c1-4-13-8-12(3)9-14(5-2)18(13)19-20(23)16-10-15(11-17(16)21(19)24)22-25-6-7-26-22/h8-9,15-17,22-23H,4-7,10-11H2,1-3H3/p-1. The van der Waals surface area contributed by atoms with E-state index in [0.29, 0.717) is 31.6 Å². The van der Waals surface area contributed by atoms with Crippen LogP contribution in [0.3, 0.4) is 0 Å². The smallest absolute Gasteiger partial charge is 0.166 e. The van der Waals surface area contributed by atoms with E-state index in [9.17, 15) is 9.90 Å². The molecule has 0 aromatic heterocycles. The second-order valence-corrected chi connectivity index (χ2v) is 7.82. The van der Waals surface area contributed by atoms with Crippen molar-refractivity contribution in [1.29, 1.82) is 0 Å². The van der Waals surface area contributed by atoms with Crippen molar-refractivity contribution >= 4 is 11.4 Å². The fourth-order valence-corrected chi connectivity index (χ4v) is 5.09. The van der Waals surface area contributed by atoms with Gasteiger partial charge < -0.3 is 14.6 Å². The third-order valence-corrected chi connectivity index (χ3v) is 6.26. The highest BCUT2D eigenvalue weighted by atomic mass is 16.7. The summed E-state index contributed by atoms with van der Waals surface area (Å²) in [5.41, 5.74) is 4.84. The minimum Gasteiger partial charge on any atom is -0.875 e. The molecule has 1 aromatic carbocycles. The van der Waals surface area contributed by atoms with Crippen LogP contribution in [0.25, 0.3) is 5.57 Å². The zero-order valence-electron chi connectivity index (χ0n) is 15.8. The van der Waals surface area contributed by atoms with Crippen LogP contribution < -0.4 is 5.11 Å². The van der Waals surface area contributed by atoms with Crippen molar-refractivity contribution < 1.29 is 19.4 Å². The first-order valence-corrected chi connectivity index (χ1v) is 9.86. The topological polar surface area (TPSA) is 58.6 Å². The highest BCUT2D eigenvalue weighted by Crippen LogP contribution is 2.51. The number of rotatable bonds is 4. The lowest BCUT2D eigenvalue weighted by atomic mass is 9.87. The number of ether oxygens (including phenoxy) is 2. The van der Waals surface area contributed by atoms with Crippen LogP contribution in [0.5, 0.6) is 0 Å². The van der Waals surface area contributed by atoms with Gasteiger partial charge in [0.25, 0.3) is 0 Å². The molecule has 0 radical (unpaired) electrons. The maximum atomic E-state index is 13.2. The molecule has 4 heteroatoms. The molecule has 0 N–H and O–H groups in total. The Kier molecular flexibility index (Phi) is 4.66. The fourth-order valence-electron chi connectivity index (χ4n) is 5.09. The number of aryl methyl sites for hydroxylation is 3. The summed E-state index contributed by atoms with van der Waals surface area (Å²) in [6.07, 6.45) is 2.84. The van der Waals surface area contributed by atoms with Gasteiger partial charge in [-0.2, -0.15) is 0 Å². The van der Waals surface area contributed by atoms with Crippen molar-refractivity contribution in [1.82, 2.24) is 0 Å². The highest BCUT2D eigenvalue weighted by molar-refractivity contribution is 6.25. The summed E-state index contributed by atoms with van der Waals surface area (Å²) >= 11 is 0. The van der Waals surface area contributed by atoms with Crippen LogP contribution in [0.4, 0.5) is 0 Å². The molecule has 4 rings (SSSR count). The summed E-state index contributed by atoms with van der Waals surface area (Å²) < 4.78 is 11.2. The Bertz CT molecular complexity index is 732. The van der Waals surface area contributed by atoms with Gasteiger partial charge in [-0.1, -0.05) is 31.5 Å². The molecule has 0 bridgehead atoms. The summed E-state index contributed by atoms with van der Waals surface area (Å²) in [4.78, 5) is 13.2. The van der Waals surface area contributed by atoms with Gasteiger partial charge in [0.05, 0.1) is 13.2 Å². The highest BCUT2D eigenvalue weighted by Gasteiger charge is 2.48. The number of hydrogen-bond donors (Lipinski definition) is 0. The Hall–Kier alpha value is -1.65. The zero-order chi connectivity index (χ0) is 18.4. The van der Waals surface area contributed by atoms with E-state index < -0.39 is 0 Å². The first-order valence-electron chi connectivity index (χ1n) is 9.86. The van der Waals surface area contributed by atoms with Crippen LogP contribution in [-0.4, -0.2) is 25.3 Å². The van der Waals surface area contributed by atoms with Gasteiger partial charge in [0, 0.05) is 17.4 Å². The molecule has 1 heterocycles. The summed E-state index contributed by atoms with van der Waals surface area (Å²) in [7, 11) is 0. The minimum atomic E-state index is -0.235. The number of carbonyl (C=O) groups is 1. The largest absolute Gasteiger partial charge is 0.875 e. The van der Waals surface area contributed by atoms with Crippen molar-refractivity contribution in [3.05, 3.63) is 40.1 Å². The number of fused-ring (bicyclic) bond motifs is 1. The molecular formula is C22H27O4-. The van der Waals surface area contributed by atoms with E-state index in [2.05, 4.69) is 32.9 Å². The third kappa shape index (κ3) is 2.71. The van der Waals surface area contributed by atoms with E-state index in [1.54, 1.807) is 0 Å². The van der Waals surface area contributed by atoms with Gasteiger partial charge in [-0.15, -0.1) is 5.76 Å². The van der Waals surface area contributed by atoms with E-state index in [1.165, 1.54) is 5.56 Å². The van der Waals surface area contributed by atoms with Crippen LogP contribution in [0.15, 0.2) is 17.9 Å². The first-order chi connectivity index (χ1) is 12.5. The van der Waals surface area contributed by atoms with E-state index >= 15 is 0 Å². The Labute approximate surface area is 155 Å². The Morgan fingerprint density at radius 1 is 1.04 bits per heavy atom. The molecule has 2 fully saturated rings. The first kappa shape index (κ1) is 17.7. The van der Waals surface area contributed by atoms with Crippen molar-refractivity contribution in [2.24, 2.45) is 17.8 Å². The van der Waals surface area contributed by atoms with Crippen molar-refractivity contribution in [3.63, 3.8) is 0 Å². The predicted molar refractivity (Wildman–Crippen MR) is 97.3 cm³/mol. The van der Waals surface area contributed by atoms with Crippen LogP contribution >= 0.6 is 0 Å². The molecule has 2 aliphatic carbocycles. The number of ketones is 1. The van der Waals surface area contributed by atoms with E-state index in [-0.39, 0.29) is 35.6 Å². The van der Waals surface area contributed by atoms with Crippen LogP contribution in [0.1, 0.15) is 48.9 Å². The molecule has 1 saturated carbocycles. The maximum Gasteiger partial charge on any atom is 0.166 e. The van der Waals surface area contributed by atoms with Gasteiger partial charge >= 0.3 is 0 Å². The quantitative estimate of drug-likeness (QED) is 0.833. The average Bonchev–Trinajstić information content (AvgIpc) is 3.34. The third-order valence-electron chi connectivity index (χ3n) is 6.26. The van der Waals surface area contributed by atoms with Gasteiger partial charge in [-0.3, -0.25) is 4.79 Å². The Balaban J connectivity index is 1.72. The fraction of sp³-hybridized carbons (Fsp3) is 0.591. The van der Waals surface area contributed by atoms with E-state index in [1.807, 2.05) is 0 Å². The van der Waals surface area contributed by atoms with Gasteiger partial charge in [0.2, 0.25) is 0 Å². The number of Topliss-reactive ketones (excluding diaryl/α,β-unsaturated/α-hetero) is 1. The number of carbonyl (C=O) groups excluding carboxylic acids is 1. The van der Waals surface area contributed by atoms with Crippen LogP contribution in [-0.2, 0) is 27.1 Å². The molecule has 3 atom stereocenters. The molecule has 140 valence electrons. The number of hydrogen-bond acceptors (Lipinski definition) is 4. The molecule has 26 heavy (non-hydrogen) atoms. The lowest BCUT2D eigenvalue weighted by Crippen LogP contribution is -2.21. The predicted octanol–water partition coefficient (Wildman–Crippen LogP) is 2.79. The minimum absolute atomic E-state index is 0.0498. The van der Waals surface area contributed by atoms with E-state index in [0.717, 1.165) is 29.5 Å². The van der Waals surface area contributed by atoms with Crippen molar-refractivity contribution in [3.8, 4) is 0 Å². The maximum absolute atomic E-state index is 13.2. The molecule has 1 aliphatic heterocycles. The Morgan fingerprint density at radius 3 is 2.15 bits per heavy atom. The van der Waals surface area contributed by atoms with E-state index in [4.69, 9.17) is 9.47 Å². The van der Waals surface area contributed by atoms with Crippen LogP contribution in [0, 0.1) is 24.7 Å². The molecule has 0 amide bonds. The number of benzene rings is 1. The van der Waals surface area contributed by atoms with Gasteiger partial charge in [-0.25, -0.2) is 0 Å². The summed E-state index contributed by atoms with van der Waals surface area (Å²) in [6.45, 7) is 7.48. The SMILES string of the molecule is CCc1cc(C)cc(CC)c1C1=C([O-])C2CC(C3OCCO3)CC2C1=O. The summed E-state index contributed by atoms with van der Waals surface area (Å²) in [6, 6.07) is 4.25. The average molecular weight is 355 g/mol. The second-order valence-electron chi connectivity index (χ2n) is 7.82. The lowest BCUT2D eigenvalue weighted by molar-refractivity contribution is -0.313. The molecular weight excluding hydrogens is 328 g/mol. The summed E-state index contributed by atoms with van der Waals surface area (Å²) in [5.74, 6) is -0.115. The van der Waals surface area contributed by atoms with Gasteiger partial charge in [-0.05, 0) is 55.2 Å². The molecule has 0 spiro atoms. The normalized spacial score (nSPS) is 29.0. The lowest BCUT2D eigenvalue weighted by Gasteiger charge is -2.23. The molecule has 4 nitrogen and oxygen atoms in total. The monoisotopic (exact) mass is 355 g/mol. The second kappa shape index (κ2) is 6.82. The molecule has 1 aromatic rings. The zero-order valence-corrected chi connectivity index (χ0v) is 15.8. The molecule has 3 unspecified atom stereocenters. The van der Waals surface area contributed by atoms with Gasteiger partial charge in [0.15, 0.2) is 12.1 Å². The van der Waals surface area contributed by atoms with Crippen LogP contribution in [0.2, 0.25) is 0 Å². The Morgan fingerprint density at radius 2 is 1.62 bits per heavy atom. The van der Waals surface area contributed by atoms with Crippen molar-refractivity contribution in [2.45, 2.75) is 52.7 Å². The summed E-state index contributed by atoms with van der Waals surface area (Å²) in [5, 5.41) is 13.2.